The molecule has 0 amide bonds. The van der Waals surface area contributed by atoms with Crippen LogP contribution in [-0.2, 0) is 0 Å². The van der Waals surface area contributed by atoms with E-state index in [2.05, 4.69) is 56.7 Å². The predicted octanol–water partition coefficient (Wildman–Crippen LogP) is 4.89. The lowest BCUT2D eigenvalue weighted by molar-refractivity contribution is 0.419. The van der Waals surface area contributed by atoms with E-state index in [9.17, 15) is 0 Å². The highest BCUT2D eigenvalue weighted by Gasteiger charge is 2.26. The largest absolute Gasteiger partial charge is 0.343 e. The van der Waals surface area contributed by atoms with Gasteiger partial charge in [-0.15, -0.1) is 5.73 Å². The van der Waals surface area contributed by atoms with E-state index < -0.39 is 0 Å². The van der Waals surface area contributed by atoms with Gasteiger partial charge in [0.25, 0.3) is 0 Å². The number of hydrogen-bond acceptors (Lipinski definition) is 1. The minimum Gasteiger partial charge on any atom is -0.343 e. The average Bonchev–Trinajstić information content (AvgIpc) is 2.59. The first-order valence-electron chi connectivity index (χ1n) is 7.08. The number of likely N-dealkylation sites (tertiary alicyclic amines) is 1. The van der Waals surface area contributed by atoms with Crippen LogP contribution in [0.2, 0.25) is 0 Å². The second-order valence-corrected chi connectivity index (χ2v) is 5.38. The Balaban J connectivity index is 2.35. The zero-order chi connectivity index (χ0) is 13.5. The van der Waals surface area contributed by atoms with Gasteiger partial charge in [0.15, 0.2) is 0 Å². The van der Waals surface area contributed by atoms with E-state index in [-0.39, 0.29) is 0 Å². The number of hydrogen-bond donors (Lipinski definition) is 0. The van der Waals surface area contributed by atoms with Crippen molar-refractivity contribution in [2.45, 2.75) is 46.5 Å². The molecule has 0 radical (unpaired) electrons. The molecule has 0 N–H and O–H groups in total. The van der Waals surface area contributed by atoms with Crippen molar-refractivity contribution in [3.8, 4) is 0 Å². The summed E-state index contributed by atoms with van der Waals surface area (Å²) in [5.41, 5.74) is 5.55. The minimum absolute atomic E-state index is 0.539. The van der Waals surface area contributed by atoms with Crippen LogP contribution in [0.5, 0.6) is 0 Å². The highest BCUT2D eigenvalue weighted by atomic mass is 15.2. The number of nitrogens with zero attached hydrogens (tertiary/aromatic N) is 1. The smallest absolute Gasteiger partial charge is 0.0632 e. The van der Waals surface area contributed by atoms with Crippen molar-refractivity contribution >= 4 is 0 Å². The zero-order valence-corrected chi connectivity index (χ0v) is 12.2. The third-order valence-electron chi connectivity index (χ3n) is 3.67. The van der Waals surface area contributed by atoms with E-state index in [1.165, 1.54) is 30.7 Å². The highest BCUT2D eigenvalue weighted by molar-refractivity contribution is 5.20. The van der Waals surface area contributed by atoms with E-state index in [1.807, 2.05) is 0 Å². The van der Waals surface area contributed by atoms with Gasteiger partial charge in [0.2, 0.25) is 0 Å². The van der Waals surface area contributed by atoms with Crippen molar-refractivity contribution in [3.63, 3.8) is 0 Å². The fourth-order valence-electron chi connectivity index (χ4n) is 2.71. The van der Waals surface area contributed by atoms with Crippen molar-refractivity contribution < 1.29 is 0 Å². The standard InChI is InChI=1S/C17H27N/c1-6-10-14(3)11-8-9-12-18-16(5)13-15(4)17(18)7-2/h6,10,14-15H,2,5,8-9,11-13H2,1,3-4H3/b10-6+. The summed E-state index contributed by atoms with van der Waals surface area (Å²) >= 11 is 0. The Morgan fingerprint density at radius 2 is 2.22 bits per heavy atom. The maximum absolute atomic E-state index is 4.15. The molecule has 0 saturated carbocycles. The quantitative estimate of drug-likeness (QED) is 0.366. The molecule has 1 rings (SSSR count). The molecule has 0 spiro atoms. The second kappa shape index (κ2) is 7.28. The number of allylic oxidation sites excluding steroid dienone is 4. The van der Waals surface area contributed by atoms with Crippen molar-refractivity contribution in [2.24, 2.45) is 11.8 Å². The fourth-order valence-corrected chi connectivity index (χ4v) is 2.71. The van der Waals surface area contributed by atoms with Crippen LogP contribution in [0, 0.1) is 11.8 Å². The van der Waals surface area contributed by atoms with Crippen LogP contribution in [-0.4, -0.2) is 11.4 Å². The summed E-state index contributed by atoms with van der Waals surface area (Å²) in [5.74, 6) is 1.24. The lowest BCUT2D eigenvalue weighted by Crippen LogP contribution is -2.17. The molecule has 1 nitrogen and oxygen atoms in total. The molecule has 2 atom stereocenters. The monoisotopic (exact) mass is 245 g/mol. The molecule has 0 aliphatic carbocycles. The van der Waals surface area contributed by atoms with Gasteiger partial charge in [-0.1, -0.05) is 45.6 Å². The van der Waals surface area contributed by atoms with Crippen LogP contribution in [0.25, 0.3) is 0 Å². The Labute approximate surface area is 113 Å². The summed E-state index contributed by atoms with van der Waals surface area (Å²) in [6.07, 6.45) is 9.26. The van der Waals surface area contributed by atoms with Crippen LogP contribution >= 0.6 is 0 Å². The van der Waals surface area contributed by atoms with E-state index in [0.29, 0.717) is 11.8 Å². The average molecular weight is 245 g/mol. The molecule has 1 aliphatic rings. The van der Waals surface area contributed by atoms with Crippen LogP contribution in [0.3, 0.4) is 0 Å². The molecule has 0 bridgehead atoms. The highest BCUT2D eigenvalue weighted by Crippen LogP contribution is 2.34. The van der Waals surface area contributed by atoms with Crippen LogP contribution < -0.4 is 0 Å². The van der Waals surface area contributed by atoms with E-state index in [4.69, 9.17) is 0 Å². The topological polar surface area (TPSA) is 3.24 Å². The molecule has 1 heteroatoms. The van der Waals surface area contributed by atoms with Gasteiger partial charge in [-0.2, -0.15) is 0 Å². The third kappa shape index (κ3) is 3.92. The Morgan fingerprint density at radius 1 is 1.50 bits per heavy atom. The van der Waals surface area contributed by atoms with Crippen LogP contribution in [0.1, 0.15) is 46.5 Å². The first-order chi connectivity index (χ1) is 8.60. The third-order valence-corrected chi connectivity index (χ3v) is 3.67. The Kier molecular flexibility index (Phi) is 6.01. The first kappa shape index (κ1) is 14.9. The van der Waals surface area contributed by atoms with Crippen molar-refractivity contribution in [1.29, 1.82) is 0 Å². The number of unbranched alkanes of at least 4 members (excludes halogenated alkanes) is 1. The van der Waals surface area contributed by atoms with Crippen molar-refractivity contribution in [2.75, 3.05) is 6.54 Å². The van der Waals surface area contributed by atoms with Gasteiger partial charge in [-0.25, -0.2) is 0 Å². The molecule has 0 aromatic carbocycles. The SMILES string of the molecule is C=C=C1C(C)CC(=C)N1CCCCC(C)/C=C/C. The van der Waals surface area contributed by atoms with Crippen LogP contribution in [0.15, 0.2) is 42.4 Å². The molecular formula is C17H27N. The molecule has 100 valence electrons. The lowest BCUT2D eigenvalue weighted by Gasteiger charge is -2.21. The predicted molar refractivity (Wildman–Crippen MR) is 80.1 cm³/mol. The molecule has 0 aromatic rings. The fraction of sp³-hybridized carbons (Fsp3) is 0.588. The molecule has 18 heavy (non-hydrogen) atoms. The second-order valence-electron chi connectivity index (χ2n) is 5.38. The summed E-state index contributed by atoms with van der Waals surface area (Å²) < 4.78 is 0. The molecule has 2 unspecified atom stereocenters. The van der Waals surface area contributed by atoms with E-state index >= 15 is 0 Å². The summed E-state index contributed by atoms with van der Waals surface area (Å²) in [6.45, 7) is 15.6. The summed E-state index contributed by atoms with van der Waals surface area (Å²) in [4.78, 5) is 2.32. The molecule has 1 heterocycles. The van der Waals surface area contributed by atoms with Gasteiger partial charge in [0, 0.05) is 18.2 Å². The first-order valence-corrected chi connectivity index (χ1v) is 7.08. The van der Waals surface area contributed by atoms with E-state index in [0.717, 1.165) is 13.0 Å². The molecule has 1 saturated heterocycles. The van der Waals surface area contributed by atoms with Gasteiger partial charge >= 0.3 is 0 Å². The summed E-state index contributed by atoms with van der Waals surface area (Å²) in [5, 5.41) is 0. The van der Waals surface area contributed by atoms with Crippen molar-refractivity contribution in [3.05, 3.63) is 42.4 Å². The Hall–Kier alpha value is -1.20. The van der Waals surface area contributed by atoms with Gasteiger partial charge in [0.05, 0.1) is 5.70 Å². The van der Waals surface area contributed by atoms with Gasteiger partial charge < -0.3 is 4.90 Å². The maximum atomic E-state index is 4.15. The summed E-state index contributed by atoms with van der Waals surface area (Å²) in [7, 11) is 0. The van der Waals surface area contributed by atoms with Crippen molar-refractivity contribution in [1.82, 2.24) is 4.90 Å². The molecule has 1 fully saturated rings. The van der Waals surface area contributed by atoms with Crippen LogP contribution in [0.4, 0.5) is 0 Å². The lowest BCUT2D eigenvalue weighted by atomic mass is 10.0. The van der Waals surface area contributed by atoms with Gasteiger partial charge in [-0.3, -0.25) is 0 Å². The maximum Gasteiger partial charge on any atom is 0.0632 e. The normalized spacial score (nSPS) is 21.7. The molecule has 1 aliphatic heterocycles. The van der Waals surface area contributed by atoms with Gasteiger partial charge in [0.1, 0.15) is 0 Å². The van der Waals surface area contributed by atoms with E-state index in [1.54, 1.807) is 0 Å². The minimum atomic E-state index is 0.539. The molecular weight excluding hydrogens is 218 g/mol. The Morgan fingerprint density at radius 3 is 2.83 bits per heavy atom. The Bertz CT molecular complexity index is 358. The number of rotatable bonds is 6. The zero-order valence-electron chi connectivity index (χ0n) is 12.2. The molecule has 0 aromatic heterocycles. The summed E-state index contributed by atoms with van der Waals surface area (Å²) in [6, 6.07) is 0. The van der Waals surface area contributed by atoms with Gasteiger partial charge in [-0.05, 0) is 32.1 Å².